The third-order valence-electron chi connectivity index (χ3n) is 8.23. The normalized spacial score (nSPS) is 14.2. The first kappa shape index (κ1) is 43.4. The summed E-state index contributed by atoms with van der Waals surface area (Å²) < 4.78 is 0. The number of nitrogens with two attached hydrogens (primary N) is 3. The number of rotatable bonds is 24. The van der Waals surface area contributed by atoms with Crippen molar-refractivity contribution in [2.75, 3.05) is 37.1 Å². The fraction of sp³-hybridized carbons (Fsp3) is 0.588. The second-order valence-corrected chi connectivity index (χ2v) is 14.6. The number of primary amides is 1. The van der Waals surface area contributed by atoms with E-state index in [0.29, 0.717) is 37.3 Å². The van der Waals surface area contributed by atoms with Crippen LogP contribution in [0.25, 0.3) is 10.9 Å². The number of nitrogens with one attached hydrogen (secondary N) is 6. The Morgan fingerprint density at radius 2 is 1.41 bits per heavy atom. The summed E-state index contributed by atoms with van der Waals surface area (Å²) in [5, 5.41) is 14.2. The van der Waals surface area contributed by atoms with Crippen LogP contribution in [0, 0.1) is 5.92 Å². The van der Waals surface area contributed by atoms with E-state index in [4.69, 9.17) is 17.2 Å². The van der Waals surface area contributed by atoms with Crippen molar-refractivity contribution >= 4 is 69.9 Å². The highest BCUT2D eigenvalue weighted by Gasteiger charge is 2.31. The van der Waals surface area contributed by atoms with Crippen LogP contribution < -0.4 is 43.8 Å². The molecular weight excluding hydrogens is 695 g/mol. The third kappa shape index (κ3) is 14.8. The average Bonchev–Trinajstić information content (AvgIpc) is 3.51. The van der Waals surface area contributed by atoms with Gasteiger partial charge in [-0.2, -0.15) is 23.5 Å². The number of H-pyrrole nitrogens is 1. The van der Waals surface area contributed by atoms with E-state index in [1.807, 2.05) is 36.8 Å². The highest BCUT2D eigenvalue weighted by molar-refractivity contribution is 7.98. The van der Waals surface area contributed by atoms with Gasteiger partial charge in [0.05, 0.1) is 12.6 Å². The number of aromatic amines is 1. The molecule has 1 aromatic heterocycles. The van der Waals surface area contributed by atoms with E-state index in [-0.39, 0.29) is 25.2 Å². The molecule has 0 aliphatic carbocycles. The Morgan fingerprint density at radius 1 is 0.784 bits per heavy atom. The summed E-state index contributed by atoms with van der Waals surface area (Å²) in [6.07, 6.45) is 7.83. The molecule has 2 rings (SSSR count). The summed E-state index contributed by atoms with van der Waals surface area (Å²) in [6.45, 7) is 3.44. The van der Waals surface area contributed by atoms with Gasteiger partial charge in [0, 0.05) is 17.1 Å². The van der Waals surface area contributed by atoms with Gasteiger partial charge in [0.25, 0.3) is 0 Å². The molecule has 12 N–H and O–H groups in total. The van der Waals surface area contributed by atoms with Crippen LogP contribution in [0.2, 0.25) is 0 Å². The molecule has 0 fully saturated rings. The van der Waals surface area contributed by atoms with Gasteiger partial charge in [-0.3, -0.25) is 28.8 Å². The number of carbonyl (C=O) groups excluding carboxylic acids is 6. The third-order valence-corrected chi connectivity index (χ3v) is 9.52. The fourth-order valence-corrected chi connectivity index (χ4v) is 6.23. The second-order valence-electron chi connectivity index (χ2n) is 12.6. The minimum atomic E-state index is -1.01. The number of hydrogen-bond donors (Lipinski definition) is 9. The monoisotopic (exact) mass is 749 g/mol. The van der Waals surface area contributed by atoms with Gasteiger partial charge in [0.15, 0.2) is 0 Å². The first-order valence-electron chi connectivity index (χ1n) is 17.1. The van der Waals surface area contributed by atoms with E-state index in [0.717, 1.165) is 16.5 Å². The molecule has 0 spiro atoms. The molecule has 2 aromatic rings. The summed E-state index contributed by atoms with van der Waals surface area (Å²) in [5.74, 6) is -2.77. The zero-order valence-electron chi connectivity index (χ0n) is 29.9. The van der Waals surface area contributed by atoms with Crippen LogP contribution in [0.4, 0.5) is 0 Å². The number of carbonyl (C=O) groups is 6. The van der Waals surface area contributed by atoms with Crippen LogP contribution in [0.1, 0.15) is 51.5 Å². The molecule has 6 amide bonds. The SMILES string of the molecule is CSCC[C@H](NC(=O)CNC(=O)[C@H](CCCCN)NC(=O)[C@@H](N)Cc1c[nH]c2ccccc12)C(=O)N[C@H](C(=O)N[C@H](CCSC)C(N)=O)C(C)C. The topological polar surface area (TPSA) is 256 Å². The number of unbranched alkanes of at least 4 members (excludes halogenated alkanes) is 1. The average molecular weight is 750 g/mol. The molecule has 1 aromatic carbocycles. The second kappa shape index (κ2) is 22.9. The van der Waals surface area contributed by atoms with Crippen LogP contribution in [-0.2, 0) is 35.2 Å². The first-order chi connectivity index (χ1) is 24.3. The van der Waals surface area contributed by atoms with E-state index in [2.05, 4.69) is 31.6 Å². The van der Waals surface area contributed by atoms with Gasteiger partial charge in [0.1, 0.15) is 24.2 Å². The molecule has 15 nitrogen and oxygen atoms in total. The molecule has 0 aliphatic rings. The van der Waals surface area contributed by atoms with Gasteiger partial charge in [-0.05, 0) is 86.6 Å². The van der Waals surface area contributed by atoms with E-state index < -0.39 is 72.2 Å². The maximum absolute atomic E-state index is 13.4. The number of para-hydroxylation sites is 1. The molecule has 0 saturated heterocycles. The molecule has 0 unspecified atom stereocenters. The Morgan fingerprint density at radius 3 is 2.04 bits per heavy atom. The Bertz CT molecular complexity index is 1460. The number of thioether (sulfide) groups is 2. The molecule has 0 aliphatic heterocycles. The van der Waals surface area contributed by atoms with Crippen molar-refractivity contribution in [3.8, 4) is 0 Å². The Hall–Kier alpha value is -3.80. The number of fused-ring (bicyclic) bond motifs is 1. The van der Waals surface area contributed by atoms with Crippen molar-refractivity contribution in [1.82, 2.24) is 31.6 Å². The molecule has 0 saturated carbocycles. The maximum Gasteiger partial charge on any atom is 0.243 e. The lowest BCUT2D eigenvalue weighted by Gasteiger charge is -2.27. The number of benzene rings is 1. The van der Waals surface area contributed by atoms with Crippen molar-refractivity contribution in [2.24, 2.45) is 23.1 Å². The summed E-state index contributed by atoms with van der Waals surface area (Å²) in [6, 6.07) is 2.87. The smallest absolute Gasteiger partial charge is 0.243 e. The van der Waals surface area contributed by atoms with Crippen molar-refractivity contribution in [2.45, 2.75) is 82.6 Å². The highest BCUT2D eigenvalue weighted by Crippen LogP contribution is 2.19. The number of amides is 6. The van der Waals surface area contributed by atoms with Crippen LogP contribution in [0.15, 0.2) is 30.5 Å². The predicted molar refractivity (Wildman–Crippen MR) is 204 cm³/mol. The van der Waals surface area contributed by atoms with Gasteiger partial charge in [-0.25, -0.2) is 0 Å². The van der Waals surface area contributed by atoms with Crippen LogP contribution in [0.5, 0.6) is 0 Å². The molecule has 17 heteroatoms. The minimum absolute atomic E-state index is 0.248. The predicted octanol–water partition coefficient (Wildman–Crippen LogP) is -0.130. The van der Waals surface area contributed by atoms with Gasteiger partial charge >= 0.3 is 0 Å². The lowest BCUT2D eigenvalue weighted by molar-refractivity contribution is -0.134. The molecule has 5 atom stereocenters. The molecule has 0 radical (unpaired) electrons. The quantitative estimate of drug-likeness (QED) is 0.0643. The Labute approximate surface area is 308 Å². The zero-order chi connectivity index (χ0) is 37.9. The molecule has 51 heavy (non-hydrogen) atoms. The molecular formula is C34H55N9O6S2. The summed E-state index contributed by atoms with van der Waals surface area (Å²) in [4.78, 5) is 80.9. The zero-order valence-corrected chi connectivity index (χ0v) is 31.6. The Balaban J connectivity index is 2.04. The van der Waals surface area contributed by atoms with Gasteiger partial charge in [-0.15, -0.1) is 0 Å². The molecule has 1 heterocycles. The lowest BCUT2D eigenvalue weighted by Crippen LogP contribution is -2.58. The number of hydrogen-bond acceptors (Lipinski definition) is 10. The minimum Gasteiger partial charge on any atom is -0.368 e. The van der Waals surface area contributed by atoms with Gasteiger partial charge < -0.3 is 48.8 Å². The van der Waals surface area contributed by atoms with Crippen LogP contribution in [0.3, 0.4) is 0 Å². The van der Waals surface area contributed by atoms with E-state index in [9.17, 15) is 28.8 Å². The van der Waals surface area contributed by atoms with E-state index in [1.165, 1.54) is 23.5 Å². The standard InChI is InChI=1S/C34H55N9O6S2/c1-20(2)29(34(49)41-25(30(37)45)12-15-50-3)43-33(48)27(13-16-51-4)40-28(44)19-39-32(47)26(11-7-8-14-35)42-31(46)23(36)17-21-18-38-24-10-6-5-9-22(21)24/h5-6,9-10,18,20,23,25-27,29,38H,7-8,11-17,19,35-36H2,1-4H3,(H2,37,45)(H,39,47)(H,40,44)(H,41,49)(H,42,46)(H,43,48)/t23-,25+,26-,27-,29-/m0/s1. The van der Waals surface area contributed by atoms with Crippen molar-refractivity contribution in [3.63, 3.8) is 0 Å². The lowest BCUT2D eigenvalue weighted by atomic mass is 10.0. The Kier molecular flexibility index (Phi) is 19.5. The van der Waals surface area contributed by atoms with Gasteiger partial charge in [-0.1, -0.05) is 32.0 Å². The summed E-state index contributed by atoms with van der Waals surface area (Å²) in [7, 11) is 0. The number of aromatic nitrogens is 1. The largest absolute Gasteiger partial charge is 0.368 e. The van der Waals surface area contributed by atoms with E-state index in [1.54, 1.807) is 20.0 Å². The summed E-state index contributed by atoms with van der Waals surface area (Å²) >= 11 is 2.98. The first-order valence-corrected chi connectivity index (χ1v) is 19.9. The van der Waals surface area contributed by atoms with Crippen LogP contribution in [-0.4, -0.2) is 108 Å². The van der Waals surface area contributed by atoms with Crippen molar-refractivity contribution in [1.29, 1.82) is 0 Å². The highest BCUT2D eigenvalue weighted by atomic mass is 32.2. The van der Waals surface area contributed by atoms with E-state index >= 15 is 0 Å². The summed E-state index contributed by atoms with van der Waals surface area (Å²) in [5.41, 5.74) is 19.2. The fourth-order valence-electron chi connectivity index (χ4n) is 5.28. The van der Waals surface area contributed by atoms with Crippen LogP contribution >= 0.6 is 23.5 Å². The molecule has 284 valence electrons. The molecule has 0 bridgehead atoms. The van der Waals surface area contributed by atoms with Crippen molar-refractivity contribution < 1.29 is 28.8 Å². The van der Waals surface area contributed by atoms with Gasteiger partial charge in [0.2, 0.25) is 35.4 Å². The maximum atomic E-state index is 13.4. The van der Waals surface area contributed by atoms with Crippen molar-refractivity contribution in [3.05, 3.63) is 36.0 Å².